The molecule has 22 heavy (non-hydrogen) atoms. The SMILES string of the molecule is C=CCNC(=NCCCS(=O)(=O)c1ccccc1)NCC.I. The molecule has 0 atom stereocenters. The first-order chi connectivity index (χ1) is 10.1. The molecule has 2 N–H and O–H groups in total. The molecule has 0 heterocycles. The fourth-order valence-electron chi connectivity index (χ4n) is 1.70. The molecule has 0 aliphatic carbocycles. The van der Waals surface area contributed by atoms with Crippen LogP contribution in [0.3, 0.4) is 0 Å². The van der Waals surface area contributed by atoms with Gasteiger partial charge in [0.05, 0.1) is 10.6 Å². The number of hydrogen-bond acceptors (Lipinski definition) is 3. The lowest BCUT2D eigenvalue weighted by molar-refractivity contribution is 0.593. The van der Waals surface area contributed by atoms with Gasteiger partial charge in [0.1, 0.15) is 0 Å². The Balaban J connectivity index is 0.00000441. The lowest BCUT2D eigenvalue weighted by Crippen LogP contribution is -2.37. The number of nitrogens with one attached hydrogen (secondary N) is 2. The predicted molar refractivity (Wildman–Crippen MR) is 103 cm³/mol. The first-order valence-electron chi connectivity index (χ1n) is 7.01. The van der Waals surface area contributed by atoms with Crippen molar-refractivity contribution >= 4 is 39.8 Å². The predicted octanol–water partition coefficient (Wildman–Crippen LogP) is 2.21. The third-order valence-corrected chi connectivity index (χ3v) is 4.52. The van der Waals surface area contributed by atoms with E-state index in [0.29, 0.717) is 30.4 Å². The lowest BCUT2D eigenvalue weighted by Gasteiger charge is -2.09. The number of benzene rings is 1. The van der Waals surface area contributed by atoms with Gasteiger partial charge in [-0.15, -0.1) is 30.6 Å². The van der Waals surface area contributed by atoms with Crippen molar-refractivity contribution in [2.24, 2.45) is 4.99 Å². The average molecular weight is 437 g/mol. The highest BCUT2D eigenvalue weighted by molar-refractivity contribution is 14.0. The zero-order valence-electron chi connectivity index (χ0n) is 12.8. The van der Waals surface area contributed by atoms with Gasteiger partial charge in [-0.2, -0.15) is 0 Å². The van der Waals surface area contributed by atoms with Crippen LogP contribution in [0.5, 0.6) is 0 Å². The third kappa shape index (κ3) is 7.79. The second kappa shape index (κ2) is 11.5. The summed E-state index contributed by atoms with van der Waals surface area (Å²) in [5.41, 5.74) is 0. The summed E-state index contributed by atoms with van der Waals surface area (Å²) in [4.78, 5) is 4.70. The Labute approximate surface area is 150 Å². The van der Waals surface area contributed by atoms with Crippen molar-refractivity contribution in [2.45, 2.75) is 18.2 Å². The summed E-state index contributed by atoms with van der Waals surface area (Å²) >= 11 is 0. The van der Waals surface area contributed by atoms with Crippen molar-refractivity contribution in [3.05, 3.63) is 43.0 Å². The van der Waals surface area contributed by atoms with Crippen molar-refractivity contribution in [2.75, 3.05) is 25.4 Å². The number of halogens is 1. The molecule has 0 saturated heterocycles. The summed E-state index contributed by atoms with van der Waals surface area (Å²) in [6, 6.07) is 8.50. The largest absolute Gasteiger partial charge is 0.357 e. The van der Waals surface area contributed by atoms with Gasteiger partial charge in [-0.1, -0.05) is 24.3 Å². The highest BCUT2D eigenvalue weighted by atomic mass is 127. The van der Waals surface area contributed by atoms with E-state index < -0.39 is 9.84 Å². The van der Waals surface area contributed by atoms with Crippen molar-refractivity contribution in [1.82, 2.24) is 10.6 Å². The fraction of sp³-hybridized carbons (Fsp3) is 0.400. The van der Waals surface area contributed by atoms with Crippen LogP contribution in [0, 0.1) is 0 Å². The van der Waals surface area contributed by atoms with Crippen LogP contribution < -0.4 is 10.6 Å². The van der Waals surface area contributed by atoms with Gasteiger partial charge in [0.2, 0.25) is 0 Å². The molecule has 0 bridgehead atoms. The molecule has 0 saturated carbocycles. The summed E-state index contributed by atoms with van der Waals surface area (Å²) < 4.78 is 24.2. The highest BCUT2D eigenvalue weighted by Crippen LogP contribution is 2.10. The molecule has 0 aromatic heterocycles. The Kier molecular flexibility index (Phi) is 10.9. The summed E-state index contributed by atoms with van der Waals surface area (Å²) in [6.45, 7) is 7.44. The van der Waals surface area contributed by atoms with Crippen LogP contribution in [0.4, 0.5) is 0 Å². The maximum absolute atomic E-state index is 12.1. The number of hydrogen-bond donors (Lipinski definition) is 2. The zero-order valence-corrected chi connectivity index (χ0v) is 15.9. The van der Waals surface area contributed by atoms with Gasteiger partial charge in [0, 0.05) is 19.6 Å². The van der Waals surface area contributed by atoms with Gasteiger partial charge < -0.3 is 10.6 Å². The highest BCUT2D eigenvalue weighted by Gasteiger charge is 2.12. The van der Waals surface area contributed by atoms with Crippen LogP contribution >= 0.6 is 24.0 Å². The molecule has 1 aromatic rings. The molecule has 124 valence electrons. The standard InChI is InChI=1S/C15H23N3O2S.HI/c1-3-11-17-15(16-4-2)18-12-8-13-21(19,20)14-9-6-5-7-10-14;/h3,5-7,9-10H,1,4,8,11-13H2,2H3,(H2,16,17,18);1H. The number of rotatable bonds is 8. The minimum atomic E-state index is -3.21. The van der Waals surface area contributed by atoms with E-state index in [0.717, 1.165) is 6.54 Å². The van der Waals surface area contributed by atoms with Crippen LogP contribution in [0.25, 0.3) is 0 Å². The maximum atomic E-state index is 12.1. The van der Waals surface area contributed by atoms with E-state index in [4.69, 9.17) is 0 Å². The second-order valence-electron chi connectivity index (χ2n) is 4.42. The quantitative estimate of drug-likeness (QED) is 0.215. The molecule has 0 aliphatic heterocycles. The van der Waals surface area contributed by atoms with Gasteiger partial charge in [-0.3, -0.25) is 4.99 Å². The number of aliphatic imine (C=N–C) groups is 1. The monoisotopic (exact) mass is 437 g/mol. The smallest absolute Gasteiger partial charge is 0.191 e. The van der Waals surface area contributed by atoms with Crippen molar-refractivity contribution in [3.63, 3.8) is 0 Å². The van der Waals surface area contributed by atoms with Gasteiger partial charge in [-0.05, 0) is 25.5 Å². The van der Waals surface area contributed by atoms with Gasteiger partial charge in [0.15, 0.2) is 15.8 Å². The first kappa shape index (κ1) is 20.9. The third-order valence-electron chi connectivity index (χ3n) is 2.70. The van der Waals surface area contributed by atoms with Crippen LogP contribution in [0.1, 0.15) is 13.3 Å². The van der Waals surface area contributed by atoms with E-state index in [9.17, 15) is 8.42 Å². The number of sulfone groups is 1. The van der Waals surface area contributed by atoms with Crippen LogP contribution in [-0.4, -0.2) is 39.8 Å². The lowest BCUT2D eigenvalue weighted by atomic mass is 10.4. The molecule has 0 spiro atoms. The molecule has 0 fully saturated rings. The Morgan fingerprint density at radius 2 is 1.95 bits per heavy atom. The molecule has 0 radical (unpaired) electrons. The molecule has 0 amide bonds. The fourth-order valence-corrected chi connectivity index (χ4v) is 3.02. The Morgan fingerprint density at radius 3 is 2.55 bits per heavy atom. The molecule has 1 aromatic carbocycles. The minimum absolute atomic E-state index is 0. The molecule has 1 rings (SSSR count). The van der Waals surface area contributed by atoms with E-state index in [-0.39, 0.29) is 29.7 Å². The van der Waals surface area contributed by atoms with E-state index >= 15 is 0 Å². The van der Waals surface area contributed by atoms with Crippen molar-refractivity contribution in [1.29, 1.82) is 0 Å². The molecule has 0 aliphatic rings. The van der Waals surface area contributed by atoms with Crippen molar-refractivity contribution in [3.8, 4) is 0 Å². The normalized spacial score (nSPS) is 11.4. The van der Waals surface area contributed by atoms with Crippen LogP contribution in [-0.2, 0) is 9.84 Å². The van der Waals surface area contributed by atoms with Gasteiger partial charge >= 0.3 is 0 Å². The molecule has 7 heteroatoms. The summed E-state index contributed by atoms with van der Waals surface area (Å²) in [6.07, 6.45) is 2.23. The van der Waals surface area contributed by atoms with Crippen LogP contribution in [0.2, 0.25) is 0 Å². The van der Waals surface area contributed by atoms with Crippen LogP contribution in [0.15, 0.2) is 52.9 Å². The number of nitrogens with zero attached hydrogens (tertiary/aromatic N) is 1. The van der Waals surface area contributed by atoms with E-state index in [1.54, 1.807) is 36.4 Å². The topological polar surface area (TPSA) is 70.6 Å². The number of guanidine groups is 1. The van der Waals surface area contributed by atoms with E-state index in [1.807, 2.05) is 6.92 Å². The Bertz CT molecular complexity index is 559. The summed E-state index contributed by atoms with van der Waals surface area (Å²) in [5.74, 6) is 0.774. The average Bonchev–Trinajstić information content (AvgIpc) is 2.50. The molecule has 5 nitrogen and oxygen atoms in total. The minimum Gasteiger partial charge on any atom is -0.357 e. The zero-order chi connectivity index (χ0) is 15.6. The molecular formula is C15H24IN3O2S. The van der Waals surface area contributed by atoms with E-state index in [1.165, 1.54) is 0 Å². The first-order valence-corrected chi connectivity index (χ1v) is 8.66. The van der Waals surface area contributed by atoms with E-state index in [2.05, 4.69) is 22.2 Å². The summed E-state index contributed by atoms with van der Waals surface area (Å²) in [5, 5.41) is 6.16. The molecule has 0 unspecified atom stereocenters. The molecular weight excluding hydrogens is 413 g/mol. The Hall–Kier alpha value is -1.09. The van der Waals surface area contributed by atoms with Crippen molar-refractivity contribution < 1.29 is 8.42 Å². The van der Waals surface area contributed by atoms with Gasteiger partial charge in [-0.25, -0.2) is 8.42 Å². The maximum Gasteiger partial charge on any atom is 0.191 e. The summed E-state index contributed by atoms with van der Waals surface area (Å²) in [7, 11) is -3.21. The second-order valence-corrected chi connectivity index (χ2v) is 6.52. The van der Waals surface area contributed by atoms with Gasteiger partial charge in [0.25, 0.3) is 0 Å². The Morgan fingerprint density at radius 1 is 1.27 bits per heavy atom.